The van der Waals surface area contributed by atoms with Crippen molar-refractivity contribution in [2.24, 2.45) is 0 Å². The summed E-state index contributed by atoms with van der Waals surface area (Å²) in [6.07, 6.45) is 4.91. The summed E-state index contributed by atoms with van der Waals surface area (Å²) in [7, 11) is 0. The van der Waals surface area contributed by atoms with E-state index in [1.54, 1.807) is 0 Å². The molecule has 2 rings (SSSR count). The zero-order valence-corrected chi connectivity index (χ0v) is 12.7. The Labute approximate surface area is 121 Å². The molecule has 1 aromatic carbocycles. The number of carbonyl (C=O) groups is 1. The van der Waals surface area contributed by atoms with Gasteiger partial charge in [-0.25, -0.2) is 4.79 Å². The second-order valence-electron chi connectivity index (χ2n) is 6.58. The van der Waals surface area contributed by atoms with Crippen LogP contribution in [0.15, 0.2) is 24.3 Å². The third-order valence-electron chi connectivity index (χ3n) is 3.61. The zero-order chi connectivity index (χ0) is 14.6. The van der Waals surface area contributed by atoms with Gasteiger partial charge in [0.25, 0.3) is 0 Å². The second-order valence-corrected chi connectivity index (χ2v) is 6.58. The van der Waals surface area contributed by atoms with E-state index in [1.807, 2.05) is 20.8 Å². The molecule has 3 heteroatoms. The summed E-state index contributed by atoms with van der Waals surface area (Å²) in [4.78, 5) is 11.6. The van der Waals surface area contributed by atoms with Crippen LogP contribution in [0, 0.1) is 0 Å². The summed E-state index contributed by atoms with van der Waals surface area (Å²) in [5.74, 6) is 0.705. The van der Waals surface area contributed by atoms with Crippen LogP contribution in [0.5, 0.6) is 0 Å². The van der Waals surface area contributed by atoms with Gasteiger partial charge in [-0.15, -0.1) is 0 Å². The Morgan fingerprint density at radius 2 is 2.00 bits per heavy atom. The fourth-order valence-electron chi connectivity index (χ4n) is 2.70. The van der Waals surface area contributed by atoms with Gasteiger partial charge in [0.1, 0.15) is 5.60 Å². The van der Waals surface area contributed by atoms with Gasteiger partial charge in [0.05, 0.1) is 0 Å². The lowest BCUT2D eigenvalue weighted by Crippen LogP contribution is -2.32. The summed E-state index contributed by atoms with van der Waals surface area (Å²) in [6, 6.07) is 8.55. The third-order valence-corrected chi connectivity index (χ3v) is 3.61. The van der Waals surface area contributed by atoms with Crippen molar-refractivity contribution in [1.82, 2.24) is 5.32 Å². The molecule has 1 saturated carbocycles. The molecule has 0 bridgehead atoms. The molecular formula is C17H25NO2. The summed E-state index contributed by atoms with van der Waals surface area (Å²) in [6.45, 7) is 6.13. The molecule has 1 aromatic rings. The van der Waals surface area contributed by atoms with Crippen LogP contribution in [-0.2, 0) is 11.3 Å². The number of amides is 1. The highest BCUT2D eigenvalue weighted by Gasteiger charge is 2.18. The van der Waals surface area contributed by atoms with E-state index in [9.17, 15) is 4.79 Å². The molecule has 1 aliphatic carbocycles. The van der Waals surface area contributed by atoms with Crippen molar-refractivity contribution < 1.29 is 9.53 Å². The highest BCUT2D eigenvalue weighted by molar-refractivity contribution is 5.67. The van der Waals surface area contributed by atoms with Gasteiger partial charge < -0.3 is 10.1 Å². The molecule has 0 aromatic heterocycles. The molecule has 20 heavy (non-hydrogen) atoms. The first-order valence-corrected chi connectivity index (χ1v) is 7.50. The standard InChI is InChI=1S/C17H25NO2/c1-17(2,3)20-16(19)18-12-13-7-6-10-15(11-13)14-8-4-5-9-14/h6-7,10-11,14H,4-5,8-9,12H2,1-3H3,(H,18,19). The van der Waals surface area contributed by atoms with Crippen molar-refractivity contribution >= 4 is 6.09 Å². The number of benzene rings is 1. The van der Waals surface area contributed by atoms with Gasteiger partial charge in [-0.1, -0.05) is 37.1 Å². The van der Waals surface area contributed by atoms with E-state index in [0.717, 1.165) is 5.56 Å². The van der Waals surface area contributed by atoms with E-state index in [1.165, 1.54) is 31.2 Å². The van der Waals surface area contributed by atoms with Gasteiger partial charge in [-0.3, -0.25) is 0 Å². The van der Waals surface area contributed by atoms with Crippen LogP contribution < -0.4 is 5.32 Å². The monoisotopic (exact) mass is 275 g/mol. The average Bonchev–Trinajstić information content (AvgIpc) is 2.88. The Bertz CT molecular complexity index is 456. The molecule has 110 valence electrons. The van der Waals surface area contributed by atoms with Crippen LogP contribution in [0.25, 0.3) is 0 Å². The predicted octanol–water partition coefficient (Wildman–Crippen LogP) is 4.37. The van der Waals surface area contributed by atoms with Crippen LogP contribution in [-0.4, -0.2) is 11.7 Å². The molecule has 1 fully saturated rings. The topological polar surface area (TPSA) is 38.3 Å². The van der Waals surface area contributed by atoms with E-state index < -0.39 is 5.60 Å². The van der Waals surface area contributed by atoms with Gasteiger partial charge >= 0.3 is 6.09 Å². The Kier molecular flexibility index (Phi) is 4.69. The molecule has 1 amide bonds. The molecule has 0 heterocycles. The number of hydrogen-bond acceptors (Lipinski definition) is 2. The molecule has 0 radical (unpaired) electrons. The maximum absolute atomic E-state index is 11.6. The lowest BCUT2D eigenvalue weighted by Gasteiger charge is -2.19. The molecule has 0 aliphatic heterocycles. The average molecular weight is 275 g/mol. The third kappa shape index (κ3) is 4.55. The molecular weight excluding hydrogens is 250 g/mol. The number of hydrogen-bond donors (Lipinski definition) is 1. The van der Waals surface area contributed by atoms with Gasteiger partial charge in [0.15, 0.2) is 0 Å². The largest absolute Gasteiger partial charge is 0.444 e. The van der Waals surface area contributed by atoms with E-state index >= 15 is 0 Å². The molecule has 1 aliphatic rings. The van der Waals surface area contributed by atoms with E-state index in [2.05, 4.69) is 29.6 Å². The number of nitrogens with one attached hydrogen (secondary N) is 1. The normalized spacial score (nSPS) is 16.1. The van der Waals surface area contributed by atoms with E-state index in [4.69, 9.17) is 4.74 Å². The minimum Gasteiger partial charge on any atom is -0.444 e. The van der Waals surface area contributed by atoms with Crippen molar-refractivity contribution in [3.8, 4) is 0 Å². The smallest absolute Gasteiger partial charge is 0.407 e. The first kappa shape index (κ1) is 14.9. The van der Waals surface area contributed by atoms with Crippen molar-refractivity contribution in [3.05, 3.63) is 35.4 Å². The Balaban J connectivity index is 1.90. The number of alkyl carbamates (subject to hydrolysis) is 1. The van der Waals surface area contributed by atoms with Crippen molar-refractivity contribution in [3.63, 3.8) is 0 Å². The lowest BCUT2D eigenvalue weighted by molar-refractivity contribution is 0.0523. The Morgan fingerprint density at radius 1 is 1.30 bits per heavy atom. The van der Waals surface area contributed by atoms with Crippen LogP contribution in [0.2, 0.25) is 0 Å². The molecule has 0 saturated heterocycles. The van der Waals surface area contributed by atoms with Crippen LogP contribution in [0.3, 0.4) is 0 Å². The molecule has 1 N–H and O–H groups in total. The minimum absolute atomic E-state index is 0.358. The van der Waals surface area contributed by atoms with Gasteiger partial charge in [-0.05, 0) is 50.7 Å². The summed E-state index contributed by atoms with van der Waals surface area (Å²) >= 11 is 0. The zero-order valence-electron chi connectivity index (χ0n) is 12.7. The molecule has 0 spiro atoms. The molecule has 0 unspecified atom stereocenters. The fraction of sp³-hybridized carbons (Fsp3) is 0.588. The maximum atomic E-state index is 11.6. The van der Waals surface area contributed by atoms with Crippen molar-refractivity contribution in [1.29, 1.82) is 0 Å². The maximum Gasteiger partial charge on any atom is 0.407 e. The van der Waals surface area contributed by atoms with Gasteiger partial charge in [-0.2, -0.15) is 0 Å². The minimum atomic E-state index is -0.449. The second kappa shape index (κ2) is 6.29. The Morgan fingerprint density at radius 3 is 2.65 bits per heavy atom. The number of rotatable bonds is 3. The van der Waals surface area contributed by atoms with Crippen molar-refractivity contribution in [2.75, 3.05) is 0 Å². The highest BCUT2D eigenvalue weighted by Crippen LogP contribution is 2.34. The van der Waals surface area contributed by atoms with Crippen LogP contribution in [0.4, 0.5) is 4.79 Å². The summed E-state index contributed by atoms with van der Waals surface area (Å²) in [5, 5.41) is 2.81. The highest BCUT2D eigenvalue weighted by atomic mass is 16.6. The fourth-order valence-corrected chi connectivity index (χ4v) is 2.70. The number of carbonyl (C=O) groups excluding carboxylic acids is 1. The first-order valence-electron chi connectivity index (χ1n) is 7.50. The summed E-state index contributed by atoms with van der Waals surface area (Å²) in [5.41, 5.74) is 2.10. The quantitative estimate of drug-likeness (QED) is 0.889. The Hall–Kier alpha value is -1.51. The number of ether oxygens (including phenoxy) is 1. The first-order chi connectivity index (χ1) is 9.44. The van der Waals surface area contributed by atoms with E-state index in [0.29, 0.717) is 12.5 Å². The van der Waals surface area contributed by atoms with Crippen LogP contribution in [0.1, 0.15) is 63.5 Å². The molecule has 3 nitrogen and oxygen atoms in total. The van der Waals surface area contributed by atoms with Gasteiger partial charge in [0, 0.05) is 6.54 Å². The van der Waals surface area contributed by atoms with Crippen LogP contribution >= 0.6 is 0 Å². The van der Waals surface area contributed by atoms with Gasteiger partial charge in [0.2, 0.25) is 0 Å². The summed E-state index contributed by atoms with van der Waals surface area (Å²) < 4.78 is 5.24. The van der Waals surface area contributed by atoms with E-state index in [-0.39, 0.29) is 6.09 Å². The lowest BCUT2D eigenvalue weighted by atomic mass is 9.96. The molecule has 0 atom stereocenters. The van der Waals surface area contributed by atoms with Crippen molar-refractivity contribution in [2.45, 2.75) is 64.5 Å². The predicted molar refractivity (Wildman–Crippen MR) is 80.7 cm³/mol. The SMILES string of the molecule is CC(C)(C)OC(=O)NCc1cccc(C2CCCC2)c1.